The summed E-state index contributed by atoms with van der Waals surface area (Å²) in [5.41, 5.74) is 2.01. The summed E-state index contributed by atoms with van der Waals surface area (Å²) in [7, 11) is 0. The minimum atomic E-state index is -0.00877. The number of urea groups is 1. The van der Waals surface area contributed by atoms with Crippen LogP contribution in [0.5, 0.6) is 5.75 Å². The summed E-state index contributed by atoms with van der Waals surface area (Å²) in [5, 5.41) is 7.10. The number of piperazine rings is 1. The Morgan fingerprint density at radius 3 is 2.70 bits per heavy atom. The molecule has 1 aromatic carbocycles. The van der Waals surface area contributed by atoms with Crippen LogP contribution in [0, 0.1) is 6.92 Å². The van der Waals surface area contributed by atoms with Crippen molar-refractivity contribution in [2.75, 3.05) is 26.2 Å². The van der Waals surface area contributed by atoms with Crippen LogP contribution in [0.4, 0.5) is 4.79 Å². The summed E-state index contributed by atoms with van der Waals surface area (Å²) in [4.78, 5) is 16.8. The first kappa shape index (κ1) is 20.7. The van der Waals surface area contributed by atoms with Gasteiger partial charge in [-0.05, 0) is 50.3 Å². The van der Waals surface area contributed by atoms with Gasteiger partial charge in [0.1, 0.15) is 11.5 Å². The summed E-state index contributed by atoms with van der Waals surface area (Å²) in [6.45, 7) is 6.28. The van der Waals surface area contributed by atoms with Crippen molar-refractivity contribution < 1.29 is 14.1 Å². The molecule has 2 fully saturated rings. The molecule has 2 aromatic rings. The molecule has 7 heteroatoms. The molecule has 2 heterocycles. The molecule has 0 unspecified atom stereocenters. The molecular weight excluding hydrogens is 380 g/mol. The molecule has 4 rings (SSSR count). The number of hydrogen-bond donors (Lipinski definition) is 1. The molecule has 0 bridgehead atoms. The molecule has 2 amide bonds. The SMILES string of the molecule is Cc1cc(CN2CCN(C(=O)NCc3cccc(OC4CCCCC4)c3)CC2)no1. The number of nitrogens with zero attached hydrogens (tertiary/aromatic N) is 3. The quantitative estimate of drug-likeness (QED) is 0.783. The van der Waals surface area contributed by atoms with Crippen molar-refractivity contribution in [3.8, 4) is 5.75 Å². The Morgan fingerprint density at radius 2 is 1.97 bits per heavy atom. The topological polar surface area (TPSA) is 70.8 Å². The summed E-state index contributed by atoms with van der Waals surface area (Å²) in [6, 6.07) is 10.1. The number of carbonyl (C=O) groups is 1. The van der Waals surface area contributed by atoms with Gasteiger partial charge >= 0.3 is 6.03 Å². The maximum atomic E-state index is 12.6. The van der Waals surface area contributed by atoms with Crippen LogP contribution in [0.25, 0.3) is 0 Å². The molecule has 1 saturated carbocycles. The fourth-order valence-corrected chi connectivity index (χ4v) is 4.22. The molecule has 162 valence electrons. The summed E-state index contributed by atoms with van der Waals surface area (Å²) in [6.07, 6.45) is 6.45. The van der Waals surface area contributed by atoms with Crippen molar-refractivity contribution >= 4 is 6.03 Å². The number of aromatic nitrogens is 1. The van der Waals surface area contributed by atoms with E-state index >= 15 is 0 Å². The van der Waals surface area contributed by atoms with Gasteiger partial charge < -0.3 is 19.5 Å². The van der Waals surface area contributed by atoms with E-state index in [-0.39, 0.29) is 6.03 Å². The Labute approximate surface area is 178 Å². The van der Waals surface area contributed by atoms with E-state index in [1.165, 1.54) is 19.3 Å². The van der Waals surface area contributed by atoms with E-state index in [1.54, 1.807) is 0 Å². The van der Waals surface area contributed by atoms with Crippen molar-refractivity contribution in [3.63, 3.8) is 0 Å². The van der Waals surface area contributed by atoms with Crippen LogP contribution in [-0.4, -0.2) is 53.3 Å². The van der Waals surface area contributed by atoms with Crippen molar-refractivity contribution in [1.29, 1.82) is 0 Å². The first-order chi connectivity index (χ1) is 14.7. The van der Waals surface area contributed by atoms with E-state index in [1.807, 2.05) is 42.2 Å². The Bertz CT molecular complexity index is 823. The van der Waals surface area contributed by atoms with Gasteiger partial charge in [0, 0.05) is 45.3 Å². The minimum Gasteiger partial charge on any atom is -0.490 e. The first-order valence-corrected chi connectivity index (χ1v) is 11.1. The van der Waals surface area contributed by atoms with Crippen LogP contribution in [0.2, 0.25) is 0 Å². The number of amides is 2. The zero-order valence-corrected chi connectivity index (χ0v) is 17.8. The maximum absolute atomic E-state index is 12.6. The number of benzene rings is 1. The Hall–Kier alpha value is -2.54. The Kier molecular flexibility index (Phi) is 6.89. The fraction of sp³-hybridized carbons (Fsp3) is 0.565. The van der Waals surface area contributed by atoms with Crippen molar-refractivity contribution in [1.82, 2.24) is 20.3 Å². The van der Waals surface area contributed by atoms with E-state index < -0.39 is 0 Å². The highest BCUT2D eigenvalue weighted by molar-refractivity contribution is 5.74. The highest BCUT2D eigenvalue weighted by Gasteiger charge is 2.22. The highest BCUT2D eigenvalue weighted by Crippen LogP contribution is 2.24. The standard InChI is InChI=1S/C23H32N4O3/c1-18-14-20(25-30-18)17-26-10-12-27(13-11-26)23(28)24-16-19-6-5-9-22(15-19)29-21-7-3-2-4-8-21/h5-6,9,14-15,21H,2-4,7-8,10-13,16-17H2,1H3,(H,24,28). The van der Waals surface area contributed by atoms with Gasteiger partial charge in [0.2, 0.25) is 0 Å². The average Bonchev–Trinajstić information content (AvgIpc) is 3.18. The molecule has 0 spiro atoms. The largest absolute Gasteiger partial charge is 0.490 e. The van der Waals surface area contributed by atoms with Crippen LogP contribution in [0.1, 0.15) is 49.1 Å². The smallest absolute Gasteiger partial charge is 0.317 e. The van der Waals surface area contributed by atoms with Gasteiger partial charge in [-0.2, -0.15) is 0 Å². The number of ether oxygens (including phenoxy) is 1. The van der Waals surface area contributed by atoms with Gasteiger partial charge in [0.15, 0.2) is 0 Å². The van der Waals surface area contributed by atoms with Crippen LogP contribution in [-0.2, 0) is 13.1 Å². The predicted molar refractivity (Wildman–Crippen MR) is 114 cm³/mol. The number of nitrogens with one attached hydrogen (secondary N) is 1. The number of aryl methyl sites for hydroxylation is 1. The van der Waals surface area contributed by atoms with E-state index in [0.717, 1.165) is 55.2 Å². The molecule has 7 nitrogen and oxygen atoms in total. The van der Waals surface area contributed by atoms with Gasteiger partial charge in [0.25, 0.3) is 0 Å². The normalized spacial score (nSPS) is 18.4. The van der Waals surface area contributed by atoms with Gasteiger partial charge in [-0.25, -0.2) is 4.79 Å². The zero-order chi connectivity index (χ0) is 20.8. The molecular formula is C23H32N4O3. The molecule has 0 atom stereocenters. The molecule has 1 N–H and O–H groups in total. The Balaban J connectivity index is 1.20. The number of carbonyl (C=O) groups excluding carboxylic acids is 1. The monoisotopic (exact) mass is 412 g/mol. The second-order valence-electron chi connectivity index (χ2n) is 8.38. The molecule has 1 aromatic heterocycles. The van der Waals surface area contributed by atoms with E-state index in [9.17, 15) is 4.79 Å². The van der Waals surface area contributed by atoms with Crippen molar-refractivity contribution in [2.24, 2.45) is 0 Å². The lowest BCUT2D eigenvalue weighted by Gasteiger charge is -2.34. The molecule has 2 aliphatic rings. The minimum absolute atomic E-state index is 0.00877. The maximum Gasteiger partial charge on any atom is 0.317 e. The third-order valence-corrected chi connectivity index (χ3v) is 5.92. The first-order valence-electron chi connectivity index (χ1n) is 11.1. The summed E-state index contributed by atoms with van der Waals surface area (Å²) >= 11 is 0. The molecule has 1 aliphatic carbocycles. The Morgan fingerprint density at radius 1 is 1.17 bits per heavy atom. The lowest BCUT2D eigenvalue weighted by Crippen LogP contribution is -2.51. The molecule has 1 saturated heterocycles. The van der Waals surface area contributed by atoms with Crippen molar-refractivity contribution in [3.05, 3.63) is 47.3 Å². The lowest BCUT2D eigenvalue weighted by atomic mass is 9.98. The van der Waals surface area contributed by atoms with E-state index in [4.69, 9.17) is 9.26 Å². The zero-order valence-electron chi connectivity index (χ0n) is 17.8. The van der Waals surface area contributed by atoms with E-state index in [0.29, 0.717) is 25.7 Å². The van der Waals surface area contributed by atoms with Crippen LogP contribution >= 0.6 is 0 Å². The number of rotatable bonds is 6. The van der Waals surface area contributed by atoms with Gasteiger partial charge in [-0.3, -0.25) is 4.90 Å². The predicted octanol–water partition coefficient (Wildman–Crippen LogP) is 3.72. The summed E-state index contributed by atoms with van der Waals surface area (Å²) in [5.74, 6) is 1.74. The van der Waals surface area contributed by atoms with Crippen LogP contribution < -0.4 is 10.1 Å². The molecule has 1 aliphatic heterocycles. The second kappa shape index (κ2) is 9.98. The molecule has 0 radical (unpaired) electrons. The third kappa shape index (κ3) is 5.75. The van der Waals surface area contributed by atoms with Gasteiger partial charge in [-0.15, -0.1) is 0 Å². The van der Waals surface area contributed by atoms with Gasteiger partial charge in [0.05, 0.1) is 11.8 Å². The lowest BCUT2D eigenvalue weighted by molar-refractivity contribution is 0.133. The van der Waals surface area contributed by atoms with E-state index in [2.05, 4.69) is 15.4 Å². The number of hydrogen-bond acceptors (Lipinski definition) is 5. The average molecular weight is 413 g/mol. The highest BCUT2D eigenvalue weighted by atomic mass is 16.5. The summed E-state index contributed by atoms with van der Waals surface area (Å²) < 4.78 is 11.3. The van der Waals surface area contributed by atoms with Gasteiger partial charge in [-0.1, -0.05) is 23.7 Å². The second-order valence-corrected chi connectivity index (χ2v) is 8.38. The van der Waals surface area contributed by atoms with Crippen LogP contribution in [0.15, 0.2) is 34.9 Å². The molecule has 30 heavy (non-hydrogen) atoms. The van der Waals surface area contributed by atoms with Crippen molar-refractivity contribution in [2.45, 2.75) is 58.2 Å². The van der Waals surface area contributed by atoms with Crippen LogP contribution in [0.3, 0.4) is 0 Å². The fourth-order valence-electron chi connectivity index (χ4n) is 4.22. The third-order valence-electron chi connectivity index (χ3n) is 5.92.